The van der Waals surface area contributed by atoms with Crippen molar-refractivity contribution >= 4 is 17.5 Å². The Balaban J connectivity index is 1.45. The van der Waals surface area contributed by atoms with E-state index in [9.17, 15) is 9.18 Å². The third-order valence-electron chi connectivity index (χ3n) is 4.94. The van der Waals surface area contributed by atoms with Gasteiger partial charge in [0, 0.05) is 41.4 Å². The van der Waals surface area contributed by atoms with Crippen LogP contribution in [0.1, 0.15) is 42.5 Å². The number of piperidine rings is 1. The van der Waals surface area contributed by atoms with Gasteiger partial charge in [-0.1, -0.05) is 22.9 Å². The van der Waals surface area contributed by atoms with Crippen LogP contribution in [0.3, 0.4) is 0 Å². The van der Waals surface area contributed by atoms with Gasteiger partial charge in [-0.15, -0.1) is 10.2 Å². The quantitative estimate of drug-likeness (QED) is 0.923. The minimum atomic E-state index is -0.328. The first kappa shape index (κ1) is 15.5. The molecule has 2 aliphatic rings. The maximum atomic E-state index is 14.0. The number of nitrogens with one attached hydrogen (secondary N) is 1. The molecule has 2 aromatic rings. The molecule has 1 amide bonds. The average molecular weight is 350 g/mol. The van der Waals surface area contributed by atoms with Crippen LogP contribution in [-0.2, 0) is 4.79 Å². The third kappa shape index (κ3) is 2.77. The number of nitrogens with zero attached hydrogens (tertiary/aromatic N) is 4. The minimum Gasteiger partial charge on any atom is -0.342 e. The van der Waals surface area contributed by atoms with E-state index in [1.165, 1.54) is 6.07 Å². The Morgan fingerprint density at radius 3 is 3.04 bits per heavy atom. The van der Waals surface area contributed by atoms with Crippen LogP contribution in [0.2, 0.25) is 5.02 Å². The number of amides is 1. The Kier molecular flexibility index (Phi) is 3.96. The van der Waals surface area contributed by atoms with Gasteiger partial charge in [0.15, 0.2) is 5.82 Å². The second kappa shape index (κ2) is 6.12. The molecule has 1 saturated carbocycles. The fourth-order valence-electron chi connectivity index (χ4n) is 3.62. The standard InChI is InChI=1S/C16H17ClFN5O/c17-12-4-1-5-13(18)14(12)10-7-11(10)16(24)23-6-2-3-9(8-23)15-19-21-22-20-15/h1,4-5,9-11H,2-3,6-8H2,(H,19,20,21,22)/t9-,10+,11-/m1/s1. The maximum Gasteiger partial charge on any atom is 0.226 e. The number of benzene rings is 1. The second-order valence-electron chi connectivity index (χ2n) is 6.48. The lowest BCUT2D eigenvalue weighted by atomic mass is 9.97. The number of carbonyl (C=O) groups is 1. The predicted molar refractivity (Wildman–Crippen MR) is 85.0 cm³/mol. The molecule has 3 atom stereocenters. The van der Waals surface area contributed by atoms with E-state index in [1.54, 1.807) is 12.1 Å². The van der Waals surface area contributed by atoms with Gasteiger partial charge < -0.3 is 4.90 Å². The number of rotatable bonds is 3. The Morgan fingerprint density at radius 1 is 1.42 bits per heavy atom. The summed E-state index contributed by atoms with van der Waals surface area (Å²) in [5.74, 6) is 0.214. The fourth-order valence-corrected chi connectivity index (χ4v) is 3.92. The van der Waals surface area contributed by atoms with Crippen molar-refractivity contribution in [3.05, 3.63) is 40.4 Å². The zero-order chi connectivity index (χ0) is 16.7. The molecule has 0 radical (unpaired) electrons. The van der Waals surface area contributed by atoms with Crippen molar-refractivity contribution in [3.8, 4) is 0 Å². The SMILES string of the molecule is O=C([C@@H]1C[C@@H]1c1c(F)cccc1Cl)N1CCC[C@@H](c2nn[nH]n2)C1. The summed E-state index contributed by atoms with van der Waals surface area (Å²) in [6, 6.07) is 4.65. The number of H-pyrrole nitrogens is 1. The zero-order valence-electron chi connectivity index (χ0n) is 13.0. The summed E-state index contributed by atoms with van der Waals surface area (Å²) in [7, 11) is 0. The van der Waals surface area contributed by atoms with Crippen LogP contribution in [-0.4, -0.2) is 44.5 Å². The average Bonchev–Trinajstić information content (AvgIpc) is 3.16. The molecule has 2 heterocycles. The molecule has 1 aliphatic heterocycles. The first-order valence-electron chi connectivity index (χ1n) is 8.11. The molecule has 126 valence electrons. The van der Waals surface area contributed by atoms with Crippen molar-refractivity contribution in [1.82, 2.24) is 25.5 Å². The molecule has 0 unspecified atom stereocenters. The highest BCUT2D eigenvalue weighted by atomic mass is 35.5. The number of hydrogen-bond acceptors (Lipinski definition) is 4. The van der Waals surface area contributed by atoms with Gasteiger partial charge in [0.05, 0.1) is 0 Å². The summed E-state index contributed by atoms with van der Waals surface area (Å²) in [6.07, 6.45) is 2.50. The highest BCUT2D eigenvalue weighted by Crippen LogP contribution is 2.51. The maximum absolute atomic E-state index is 14.0. The molecule has 1 saturated heterocycles. The van der Waals surface area contributed by atoms with Crippen LogP contribution in [0.15, 0.2) is 18.2 Å². The van der Waals surface area contributed by atoms with Crippen LogP contribution in [0.5, 0.6) is 0 Å². The monoisotopic (exact) mass is 349 g/mol. The number of halogens is 2. The van der Waals surface area contributed by atoms with Crippen molar-refractivity contribution in [1.29, 1.82) is 0 Å². The van der Waals surface area contributed by atoms with E-state index in [4.69, 9.17) is 11.6 Å². The Bertz CT molecular complexity index is 733. The van der Waals surface area contributed by atoms with Crippen molar-refractivity contribution in [2.45, 2.75) is 31.1 Å². The zero-order valence-corrected chi connectivity index (χ0v) is 13.7. The summed E-state index contributed by atoms with van der Waals surface area (Å²) in [5, 5.41) is 14.5. The van der Waals surface area contributed by atoms with Crippen LogP contribution < -0.4 is 0 Å². The largest absolute Gasteiger partial charge is 0.342 e. The van der Waals surface area contributed by atoms with E-state index in [-0.39, 0.29) is 29.5 Å². The molecule has 1 aromatic heterocycles. The molecule has 0 bridgehead atoms. The van der Waals surface area contributed by atoms with E-state index < -0.39 is 0 Å². The van der Waals surface area contributed by atoms with Gasteiger partial charge in [0.25, 0.3) is 0 Å². The first-order chi connectivity index (χ1) is 11.6. The molecule has 2 fully saturated rings. The van der Waals surface area contributed by atoms with Gasteiger partial charge in [-0.25, -0.2) is 4.39 Å². The Hall–Kier alpha value is -2.02. The summed E-state index contributed by atoms with van der Waals surface area (Å²) in [4.78, 5) is 14.6. The lowest BCUT2D eigenvalue weighted by molar-refractivity contribution is -0.133. The molecular formula is C16H17ClFN5O. The van der Waals surface area contributed by atoms with Gasteiger partial charge in [0.1, 0.15) is 5.82 Å². The lowest BCUT2D eigenvalue weighted by Gasteiger charge is -2.31. The first-order valence-corrected chi connectivity index (χ1v) is 8.49. The molecular weight excluding hydrogens is 333 g/mol. The normalized spacial score (nSPS) is 26.4. The van der Waals surface area contributed by atoms with E-state index in [1.807, 2.05) is 4.90 Å². The molecule has 4 rings (SSSR count). The number of likely N-dealkylation sites (tertiary alicyclic amines) is 1. The van der Waals surface area contributed by atoms with Gasteiger partial charge in [0.2, 0.25) is 5.91 Å². The molecule has 0 spiro atoms. The summed E-state index contributed by atoms with van der Waals surface area (Å²) in [5.41, 5.74) is 0.476. The van der Waals surface area contributed by atoms with Crippen LogP contribution in [0.4, 0.5) is 4.39 Å². The fraction of sp³-hybridized carbons (Fsp3) is 0.500. The number of hydrogen-bond donors (Lipinski definition) is 1. The lowest BCUT2D eigenvalue weighted by Crippen LogP contribution is -2.40. The number of tetrazole rings is 1. The van der Waals surface area contributed by atoms with E-state index in [0.717, 1.165) is 19.4 Å². The van der Waals surface area contributed by atoms with E-state index in [2.05, 4.69) is 20.6 Å². The second-order valence-corrected chi connectivity index (χ2v) is 6.88. The van der Waals surface area contributed by atoms with Gasteiger partial charge in [-0.3, -0.25) is 4.79 Å². The van der Waals surface area contributed by atoms with Crippen LogP contribution in [0.25, 0.3) is 0 Å². The predicted octanol–water partition coefficient (Wildman–Crippen LogP) is 2.50. The van der Waals surface area contributed by atoms with E-state index >= 15 is 0 Å². The van der Waals surface area contributed by atoms with Crippen molar-refractivity contribution < 1.29 is 9.18 Å². The molecule has 8 heteroatoms. The minimum absolute atomic E-state index is 0.0764. The highest BCUT2D eigenvalue weighted by Gasteiger charge is 2.48. The highest BCUT2D eigenvalue weighted by molar-refractivity contribution is 6.31. The molecule has 24 heavy (non-hydrogen) atoms. The van der Waals surface area contributed by atoms with E-state index in [0.29, 0.717) is 29.4 Å². The number of aromatic nitrogens is 4. The van der Waals surface area contributed by atoms with Gasteiger partial charge in [-0.2, -0.15) is 5.21 Å². The molecule has 1 N–H and O–H groups in total. The number of carbonyl (C=O) groups excluding carboxylic acids is 1. The topological polar surface area (TPSA) is 74.8 Å². The van der Waals surface area contributed by atoms with Crippen LogP contribution in [0, 0.1) is 11.7 Å². The van der Waals surface area contributed by atoms with Crippen molar-refractivity contribution in [2.75, 3.05) is 13.1 Å². The smallest absolute Gasteiger partial charge is 0.226 e. The van der Waals surface area contributed by atoms with Gasteiger partial charge >= 0.3 is 0 Å². The summed E-state index contributed by atoms with van der Waals surface area (Å²) >= 11 is 6.12. The molecule has 1 aliphatic carbocycles. The van der Waals surface area contributed by atoms with Crippen LogP contribution >= 0.6 is 11.6 Å². The van der Waals surface area contributed by atoms with Crippen molar-refractivity contribution in [3.63, 3.8) is 0 Å². The summed E-state index contributed by atoms with van der Waals surface area (Å²) in [6.45, 7) is 1.31. The van der Waals surface area contributed by atoms with Gasteiger partial charge in [-0.05, 0) is 31.4 Å². The molecule has 6 nitrogen and oxygen atoms in total. The Morgan fingerprint density at radius 2 is 2.29 bits per heavy atom. The molecule has 1 aromatic carbocycles. The van der Waals surface area contributed by atoms with Crippen molar-refractivity contribution in [2.24, 2.45) is 5.92 Å². The number of aromatic amines is 1. The Labute approximate surface area is 143 Å². The third-order valence-corrected chi connectivity index (χ3v) is 5.27. The summed E-state index contributed by atoms with van der Waals surface area (Å²) < 4.78 is 14.0.